The van der Waals surface area contributed by atoms with Crippen molar-refractivity contribution in [2.24, 2.45) is 0 Å². The number of rotatable bonds is 4. The molecule has 0 radical (unpaired) electrons. The Morgan fingerprint density at radius 3 is 2.70 bits per heavy atom. The number of sulfone groups is 1. The van der Waals surface area contributed by atoms with Crippen LogP contribution in [0, 0.1) is 0 Å². The first-order chi connectivity index (χ1) is 9.44. The Labute approximate surface area is 116 Å². The third-order valence-corrected chi connectivity index (χ3v) is 5.33. The number of nitrogens with zero attached hydrogens (tertiary/aromatic N) is 2. The highest BCUT2D eigenvalue weighted by molar-refractivity contribution is 7.91. The minimum atomic E-state index is -3.64. The Morgan fingerprint density at radius 1 is 1.45 bits per heavy atom. The fourth-order valence-electron chi connectivity index (χ4n) is 2.29. The molecule has 0 aromatic carbocycles. The lowest BCUT2D eigenvalue weighted by atomic mass is 10.2. The summed E-state index contributed by atoms with van der Waals surface area (Å²) in [5.41, 5.74) is 0.992. The number of hydrogen-bond acceptors (Lipinski definition) is 4. The number of fused-ring (bicyclic) bond motifs is 1. The maximum absolute atomic E-state index is 12.1. The first-order valence-corrected chi connectivity index (χ1v) is 8.07. The molecule has 0 amide bonds. The summed E-state index contributed by atoms with van der Waals surface area (Å²) in [6.45, 7) is 1.49. The van der Waals surface area contributed by atoms with Gasteiger partial charge >= 0.3 is 5.97 Å². The number of carboxylic acid groups (broad SMARTS) is 1. The Balaban J connectivity index is 2.30. The average Bonchev–Trinajstić information content (AvgIpc) is 3.17. The van der Waals surface area contributed by atoms with Crippen LogP contribution in [0.15, 0.2) is 23.2 Å². The molecule has 2 heterocycles. The molecule has 1 N–H and O–H groups in total. The van der Waals surface area contributed by atoms with Gasteiger partial charge in [-0.3, -0.25) is 0 Å². The van der Waals surface area contributed by atoms with Gasteiger partial charge in [0.15, 0.2) is 15.5 Å². The second kappa shape index (κ2) is 4.31. The molecule has 1 fully saturated rings. The summed E-state index contributed by atoms with van der Waals surface area (Å²) in [5, 5.41) is 13.1. The Morgan fingerprint density at radius 2 is 2.15 bits per heavy atom. The van der Waals surface area contributed by atoms with E-state index >= 15 is 0 Å². The predicted molar refractivity (Wildman–Crippen MR) is 71.9 cm³/mol. The van der Waals surface area contributed by atoms with Crippen molar-refractivity contribution in [3.05, 3.63) is 29.6 Å². The lowest BCUT2D eigenvalue weighted by Gasteiger charge is -2.02. The monoisotopic (exact) mass is 294 g/mol. The van der Waals surface area contributed by atoms with Gasteiger partial charge in [-0.1, -0.05) is 13.0 Å². The van der Waals surface area contributed by atoms with E-state index in [1.807, 2.05) is 6.07 Å². The molecule has 0 atom stereocenters. The minimum absolute atomic E-state index is 0.154. The summed E-state index contributed by atoms with van der Waals surface area (Å²) in [4.78, 5) is 11.1. The summed E-state index contributed by atoms with van der Waals surface area (Å²) < 4.78 is 25.6. The van der Waals surface area contributed by atoms with Crippen LogP contribution < -0.4 is 0 Å². The van der Waals surface area contributed by atoms with Crippen LogP contribution in [0.2, 0.25) is 0 Å². The Kier molecular flexibility index (Phi) is 2.82. The molecule has 0 unspecified atom stereocenters. The van der Waals surface area contributed by atoms with Crippen molar-refractivity contribution < 1.29 is 18.3 Å². The zero-order chi connectivity index (χ0) is 14.5. The summed E-state index contributed by atoms with van der Waals surface area (Å²) in [5.74, 6) is -0.990. The van der Waals surface area contributed by atoms with Gasteiger partial charge in [0.1, 0.15) is 4.90 Å². The van der Waals surface area contributed by atoms with E-state index < -0.39 is 21.5 Å². The molecule has 2 aromatic heterocycles. The van der Waals surface area contributed by atoms with E-state index in [0.29, 0.717) is 11.4 Å². The first kappa shape index (κ1) is 13.1. The molecule has 2 aromatic rings. The zero-order valence-electron chi connectivity index (χ0n) is 10.9. The largest absolute Gasteiger partial charge is 0.476 e. The third kappa shape index (κ3) is 1.98. The van der Waals surface area contributed by atoms with Crippen LogP contribution in [0.1, 0.15) is 41.7 Å². The zero-order valence-corrected chi connectivity index (χ0v) is 11.7. The van der Waals surface area contributed by atoms with E-state index in [9.17, 15) is 18.3 Å². The Hall–Kier alpha value is -1.89. The molecule has 7 heteroatoms. The van der Waals surface area contributed by atoms with Gasteiger partial charge in [0.2, 0.25) is 0 Å². The van der Waals surface area contributed by atoms with Crippen molar-refractivity contribution in [1.82, 2.24) is 9.61 Å². The minimum Gasteiger partial charge on any atom is -0.476 e. The van der Waals surface area contributed by atoms with Crippen LogP contribution in [0.5, 0.6) is 0 Å². The summed E-state index contributed by atoms with van der Waals surface area (Å²) in [6, 6.07) is 3.50. The number of carboxylic acids is 1. The molecule has 3 rings (SSSR count). The van der Waals surface area contributed by atoms with Gasteiger partial charge in [-0.25, -0.2) is 17.7 Å². The average molecular weight is 294 g/mol. The van der Waals surface area contributed by atoms with Gasteiger partial charge < -0.3 is 5.11 Å². The van der Waals surface area contributed by atoms with Crippen LogP contribution >= 0.6 is 0 Å². The van der Waals surface area contributed by atoms with Gasteiger partial charge in [0.05, 0.1) is 11.3 Å². The van der Waals surface area contributed by atoms with Crippen LogP contribution in [0.3, 0.4) is 0 Å². The van der Waals surface area contributed by atoms with Crippen LogP contribution in [-0.4, -0.2) is 34.9 Å². The molecular weight excluding hydrogens is 280 g/mol. The molecule has 0 saturated heterocycles. The van der Waals surface area contributed by atoms with Crippen LogP contribution in [0.4, 0.5) is 0 Å². The van der Waals surface area contributed by atoms with Crippen molar-refractivity contribution >= 4 is 21.3 Å². The van der Waals surface area contributed by atoms with Crippen molar-refractivity contribution in [2.45, 2.75) is 30.6 Å². The quantitative estimate of drug-likeness (QED) is 0.927. The lowest BCUT2D eigenvalue weighted by molar-refractivity contribution is 0.0686. The summed E-state index contributed by atoms with van der Waals surface area (Å²) in [6.07, 6.45) is 3.95. The van der Waals surface area contributed by atoms with E-state index in [4.69, 9.17) is 0 Å². The summed E-state index contributed by atoms with van der Waals surface area (Å²) >= 11 is 0. The van der Waals surface area contributed by atoms with E-state index in [0.717, 1.165) is 18.4 Å². The summed E-state index contributed by atoms with van der Waals surface area (Å²) in [7, 11) is -3.64. The molecule has 0 bridgehead atoms. The van der Waals surface area contributed by atoms with Crippen LogP contribution in [-0.2, 0) is 9.84 Å². The fourth-order valence-corrected chi connectivity index (χ4v) is 3.48. The fraction of sp³-hybridized carbons (Fsp3) is 0.385. The second-order valence-electron chi connectivity index (χ2n) is 4.95. The number of carbonyl (C=O) groups is 1. The second-order valence-corrected chi connectivity index (χ2v) is 7.17. The number of pyridine rings is 1. The standard InChI is InChI=1S/C13H14N2O4S/c1-2-20(18,19)12-10-6-5-9(8-3-4-8)7-15(10)14-11(12)13(16)17/h5-8H,2-4H2,1H3,(H,16,17). The van der Waals surface area contributed by atoms with Crippen LogP contribution in [0.25, 0.3) is 5.52 Å². The SMILES string of the molecule is CCS(=O)(=O)c1c(C(=O)O)nn2cc(C3CC3)ccc12. The molecule has 1 aliphatic carbocycles. The molecule has 1 saturated carbocycles. The van der Waals surface area contributed by atoms with Gasteiger partial charge in [-0.05, 0) is 30.4 Å². The van der Waals surface area contributed by atoms with Crippen molar-refractivity contribution in [3.63, 3.8) is 0 Å². The lowest BCUT2D eigenvalue weighted by Crippen LogP contribution is -2.09. The number of aromatic carboxylic acids is 1. The van der Waals surface area contributed by atoms with Crippen molar-refractivity contribution in [1.29, 1.82) is 0 Å². The van der Waals surface area contributed by atoms with Crippen molar-refractivity contribution in [3.8, 4) is 0 Å². The van der Waals surface area contributed by atoms with E-state index in [1.54, 1.807) is 12.3 Å². The molecule has 6 nitrogen and oxygen atoms in total. The molecular formula is C13H14N2O4S. The van der Waals surface area contributed by atoms with Gasteiger partial charge in [-0.15, -0.1) is 0 Å². The van der Waals surface area contributed by atoms with E-state index in [2.05, 4.69) is 5.10 Å². The maximum atomic E-state index is 12.1. The predicted octanol–water partition coefficient (Wildman–Crippen LogP) is 1.70. The van der Waals surface area contributed by atoms with Gasteiger partial charge in [-0.2, -0.15) is 5.10 Å². The molecule has 0 aliphatic heterocycles. The first-order valence-electron chi connectivity index (χ1n) is 6.42. The molecule has 20 heavy (non-hydrogen) atoms. The smallest absolute Gasteiger partial charge is 0.357 e. The highest BCUT2D eigenvalue weighted by Crippen LogP contribution is 2.40. The third-order valence-electron chi connectivity index (χ3n) is 3.55. The maximum Gasteiger partial charge on any atom is 0.357 e. The number of aromatic nitrogens is 2. The molecule has 1 aliphatic rings. The molecule has 106 valence electrons. The molecule has 0 spiro atoms. The van der Waals surface area contributed by atoms with Gasteiger partial charge in [0, 0.05) is 6.20 Å². The van der Waals surface area contributed by atoms with Crippen molar-refractivity contribution in [2.75, 3.05) is 5.75 Å². The van der Waals surface area contributed by atoms with E-state index in [1.165, 1.54) is 11.4 Å². The number of hydrogen-bond donors (Lipinski definition) is 1. The van der Waals surface area contributed by atoms with E-state index in [-0.39, 0.29) is 10.6 Å². The van der Waals surface area contributed by atoms with Gasteiger partial charge in [0.25, 0.3) is 0 Å². The highest BCUT2D eigenvalue weighted by atomic mass is 32.2. The Bertz CT molecular complexity index is 803. The normalized spacial score (nSPS) is 15.7. The highest BCUT2D eigenvalue weighted by Gasteiger charge is 2.29. The topological polar surface area (TPSA) is 88.7 Å².